The number of hydrogen-bond acceptors (Lipinski definition) is 4. The van der Waals surface area contributed by atoms with E-state index in [0.29, 0.717) is 11.1 Å². The molecule has 2 heterocycles. The zero-order valence-electron chi connectivity index (χ0n) is 16.8. The number of aryl methyl sites for hydroxylation is 1. The van der Waals surface area contributed by atoms with E-state index in [9.17, 15) is 18.0 Å². The molecule has 156 valence electrons. The number of sulfonamides is 1. The van der Waals surface area contributed by atoms with Gasteiger partial charge < -0.3 is 0 Å². The van der Waals surface area contributed by atoms with Gasteiger partial charge >= 0.3 is 0 Å². The molecule has 2 aliphatic rings. The Hall–Kier alpha value is -3.29. The van der Waals surface area contributed by atoms with Crippen LogP contribution in [0.1, 0.15) is 33.2 Å². The summed E-state index contributed by atoms with van der Waals surface area (Å²) in [6.45, 7) is 1.88. The molecule has 3 aromatic carbocycles. The second-order valence-electron chi connectivity index (χ2n) is 7.83. The summed E-state index contributed by atoms with van der Waals surface area (Å²) in [6, 6.07) is 21.6. The van der Waals surface area contributed by atoms with Crippen molar-refractivity contribution in [3.05, 3.63) is 101 Å². The molecular formula is C24H20N2O4S. The molecule has 2 amide bonds. The third-order valence-corrected chi connectivity index (χ3v) is 7.75. The van der Waals surface area contributed by atoms with Gasteiger partial charge in [-0.1, -0.05) is 66.2 Å². The van der Waals surface area contributed by atoms with Crippen molar-refractivity contribution < 1.29 is 18.0 Å². The quantitative estimate of drug-likeness (QED) is 0.593. The number of rotatable bonds is 4. The van der Waals surface area contributed by atoms with Crippen LogP contribution in [-0.4, -0.2) is 35.5 Å². The minimum absolute atomic E-state index is 0.0997. The van der Waals surface area contributed by atoms with E-state index < -0.39 is 34.0 Å². The molecule has 2 atom stereocenters. The highest BCUT2D eigenvalue weighted by Gasteiger charge is 2.58. The first-order valence-electron chi connectivity index (χ1n) is 10.00. The Balaban J connectivity index is 1.67. The number of benzene rings is 3. The summed E-state index contributed by atoms with van der Waals surface area (Å²) >= 11 is 0. The highest BCUT2D eigenvalue weighted by atomic mass is 32.2. The first kappa shape index (κ1) is 19.7. The Labute approximate surface area is 180 Å². The van der Waals surface area contributed by atoms with Crippen molar-refractivity contribution in [1.29, 1.82) is 0 Å². The molecule has 31 heavy (non-hydrogen) atoms. The molecule has 0 saturated carbocycles. The van der Waals surface area contributed by atoms with Gasteiger partial charge in [-0.2, -0.15) is 4.31 Å². The fourth-order valence-corrected chi connectivity index (χ4v) is 6.05. The molecule has 5 rings (SSSR count). The van der Waals surface area contributed by atoms with E-state index in [0.717, 1.165) is 16.0 Å². The van der Waals surface area contributed by atoms with E-state index in [1.54, 1.807) is 48.5 Å². The maximum atomic E-state index is 13.8. The van der Waals surface area contributed by atoms with Crippen molar-refractivity contribution in [3.63, 3.8) is 0 Å². The van der Waals surface area contributed by atoms with Gasteiger partial charge in [0.1, 0.15) is 12.2 Å². The summed E-state index contributed by atoms with van der Waals surface area (Å²) in [5, 5.41) is 0. The van der Waals surface area contributed by atoms with Gasteiger partial charge in [0.2, 0.25) is 15.9 Å². The van der Waals surface area contributed by atoms with Crippen LogP contribution in [0.5, 0.6) is 0 Å². The third kappa shape index (κ3) is 3.00. The van der Waals surface area contributed by atoms with Crippen LogP contribution in [0.3, 0.4) is 0 Å². The van der Waals surface area contributed by atoms with Gasteiger partial charge in [0, 0.05) is 11.1 Å². The van der Waals surface area contributed by atoms with Crippen molar-refractivity contribution in [2.24, 2.45) is 0 Å². The molecule has 6 nitrogen and oxygen atoms in total. The van der Waals surface area contributed by atoms with E-state index in [-0.39, 0.29) is 11.3 Å². The summed E-state index contributed by atoms with van der Waals surface area (Å²) in [5.41, 5.74) is 2.65. The first-order chi connectivity index (χ1) is 14.9. The number of hydrogen-bond donors (Lipinski definition) is 0. The number of imide groups is 1. The van der Waals surface area contributed by atoms with Crippen LogP contribution in [-0.2, 0) is 21.2 Å². The minimum atomic E-state index is -4.06. The molecule has 2 aliphatic heterocycles. The Morgan fingerprint density at radius 1 is 0.839 bits per heavy atom. The van der Waals surface area contributed by atoms with Crippen LogP contribution < -0.4 is 0 Å². The summed E-state index contributed by atoms with van der Waals surface area (Å²) in [7, 11) is -4.06. The predicted octanol–water partition coefficient (Wildman–Crippen LogP) is 3.29. The molecular weight excluding hydrogens is 412 g/mol. The fraction of sp³-hybridized carbons (Fsp3) is 0.167. The van der Waals surface area contributed by atoms with Crippen molar-refractivity contribution in [1.82, 2.24) is 9.21 Å². The maximum absolute atomic E-state index is 13.8. The number of fused-ring (bicyclic) bond motifs is 3. The lowest BCUT2D eigenvalue weighted by molar-refractivity contribution is -0.127. The van der Waals surface area contributed by atoms with Gasteiger partial charge in [-0.25, -0.2) is 8.42 Å². The van der Waals surface area contributed by atoms with Crippen LogP contribution in [0.25, 0.3) is 0 Å². The largest absolute Gasteiger partial charge is 0.272 e. The number of amides is 2. The molecule has 3 aromatic rings. The van der Waals surface area contributed by atoms with Crippen molar-refractivity contribution in [2.45, 2.75) is 30.4 Å². The molecule has 0 spiro atoms. The SMILES string of the molecule is Cc1ccc(S(=O)(=O)N2[C@@H](Cc3ccccc3)C(=O)N3C(=O)c4ccccc4[C@@H]32)cc1. The monoisotopic (exact) mass is 432 g/mol. The van der Waals surface area contributed by atoms with E-state index in [1.165, 1.54) is 4.31 Å². The predicted molar refractivity (Wildman–Crippen MR) is 114 cm³/mol. The molecule has 0 aliphatic carbocycles. The van der Waals surface area contributed by atoms with Gasteiger partial charge in [-0.15, -0.1) is 0 Å². The molecule has 1 saturated heterocycles. The number of carbonyl (C=O) groups excluding carboxylic acids is 2. The summed E-state index contributed by atoms with van der Waals surface area (Å²) in [5.74, 6) is -0.948. The maximum Gasteiger partial charge on any atom is 0.262 e. The van der Waals surface area contributed by atoms with Crippen LogP contribution >= 0.6 is 0 Å². The van der Waals surface area contributed by atoms with Gasteiger partial charge in [-0.05, 0) is 37.1 Å². The zero-order chi connectivity index (χ0) is 21.8. The Morgan fingerprint density at radius 2 is 1.48 bits per heavy atom. The average Bonchev–Trinajstić information content (AvgIpc) is 3.22. The average molecular weight is 433 g/mol. The summed E-state index contributed by atoms with van der Waals surface area (Å²) in [4.78, 5) is 27.6. The molecule has 0 radical (unpaired) electrons. The molecule has 1 fully saturated rings. The number of nitrogens with zero attached hydrogens (tertiary/aromatic N) is 2. The van der Waals surface area contributed by atoms with Gasteiger partial charge in [-0.3, -0.25) is 14.5 Å². The zero-order valence-corrected chi connectivity index (χ0v) is 17.6. The van der Waals surface area contributed by atoms with E-state index in [4.69, 9.17) is 0 Å². The van der Waals surface area contributed by atoms with Crippen molar-refractivity contribution in [2.75, 3.05) is 0 Å². The fourth-order valence-electron chi connectivity index (χ4n) is 4.35. The van der Waals surface area contributed by atoms with Gasteiger partial charge in [0.25, 0.3) is 5.91 Å². The van der Waals surface area contributed by atoms with E-state index in [2.05, 4.69) is 0 Å². The molecule has 0 aromatic heterocycles. The summed E-state index contributed by atoms with van der Waals surface area (Å²) in [6.07, 6.45) is -0.788. The topological polar surface area (TPSA) is 74.8 Å². The Kier molecular flexibility index (Phi) is 4.53. The standard InChI is InChI=1S/C24H20N2O4S/c1-16-11-13-18(14-12-16)31(29,30)26-21(15-17-7-3-2-4-8-17)24(28)25-22(26)19-9-5-6-10-20(19)23(25)27/h2-14,21-22H,15H2,1H3/t21-,22-/m0/s1. The van der Waals surface area contributed by atoms with Crippen LogP contribution in [0, 0.1) is 6.92 Å². The van der Waals surface area contributed by atoms with Crippen molar-refractivity contribution >= 4 is 21.8 Å². The van der Waals surface area contributed by atoms with Crippen molar-refractivity contribution in [3.8, 4) is 0 Å². The first-order valence-corrected chi connectivity index (χ1v) is 11.4. The lowest BCUT2D eigenvalue weighted by atomic mass is 10.0. The number of carbonyl (C=O) groups is 2. The van der Waals surface area contributed by atoms with Crippen LogP contribution in [0.4, 0.5) is 0 Å². The molecule has 7 heteroatoms. The highest BCUT2D eigenvalue weighted by Crippen LogP contribution is 2.46. The second-order valence-corrected chi connectivity index (χ2v) is 9.67. The van der Waals surface area contributed by atoms with Gasteiger partial charge in [0.15, 0.2) is 0 Å². The third-order valence-electron chi connectivity index (χ3n) is 5.87. The smallest absolute Gasteiger partial charge is 0.262 e. The van der Waals surface area contributed by atoms with E-state index >= 15 is 0 Å². The lowest BCUT2D eigenvalue weighted by Gasteiger charge is -2.27. The molecule has 0 unspecified atom stereocenters. The minimum Gasteiger partial charge on any atom is -0.272 e. The van der Waals surface area contributed by atoms with Crippen LogP contribution in [0.2, 0.25) is 0 Å². The normalized spacial score (nSPS) is 20.7. The second kappa shape index (κ2) is 7.14. The van der Waals surface area contributed by atoms with Gasteiger partial charge in [0.05, 0.1) is 4.90 Å². The van der Waals surface area contributed by atoms with Crippen LogP contribution in [0.15, 0.2) is 83.8 Å². The van der Waals surface area contributed by atoms with E-state index in [1.807, 2.05) is 37.3 Å². The Morgan fingerprint density at radius 3 is 2.19 bits per heavy atom. The molecule has 0 bridgehead atoms. The lowest BCUT2D eigenvalue weighted by Crippen LogP contribution is -2.41. The molecule has 0 N–H and O–H groups in total. The summed E-state index contributed by atoms with van der Waals surface area (Å²) < 4.78 is 28.8. The Bertz CT molecular complexity index is 1290. The highest BCUT2D eigenvalue weighted by molar-refractivity contribution is 7.89.